The molecule has 180 valence electrons. The van der Waals surface area contributed by atoms with Gasteiger partial charge in [-0.1, -0.05) is 42.5 Å². The van der Waals surface area contributed by atoms with Gasteiger partial charge in [-0.2, -0.15) is 5.10 Å². The molecule has 0 bridgehead atoms. The summed E-state index contributed by atoms with van der Waals surface area (Å²) in [6, 6.07) is 23.4. The second kappa shape index (κ2) is 11.3. The number of rotatable bonds is 10. The molecule has 1 aliphatic heterocycles. The highest BCUT2D eigenvalue weighted by Gasteiger charge is 2.23. The number of aromatic nitrogens is 3. The fourth-order valence-electron chi connectivity index (χ4n) is 4.87. The molecule has 1 N–H and O–H groups in total. The van der Waals surface area contributed by atoms with Gasteiger partial charge in [0.1, 0.15) is 5.75 Å². The van der Waals surface area contributed by atoms with E-state index in [0.717, 1.165) is 49.7 Å². The molecular formula is C29H33N5O. The Kier molecular flexibility index (Phi) is 7.51. The maximum atomic E-state index is 5.37. The molecule has 35 heavy (non-hydrogen) atoms. The Morgan fingerprint density at radius 1 is 0.971 bits per heavy atom. The largest absolute Gasteiger partial charge is 0.497 e. The first-order valence-electron chi connectivity index (χ1n) is 12.4. The first kappa shape index (κ1) is 23.3. The minimum Gasteiger partial charge on any atom is -0.497 e. The van der Waals surface area contributed by atoms with Crippen LogP contribution in [0.3, 0.4) is 0 Å². The molecule has 1 atom stereocenters. The summed E-state index contributed by atoms with van der Waals surface area (Å²) in [5, 5.41) is 8.69. The summed E-state index contributed by atoms with van der Waals surface area (Å²) in [5.74, 6) is 0.897. The van der Waals surface area contributed by atoms with Gasteiger partial charge in [-0.25, -0.2) is 0 Å². The molecule has 1 aliphatic rings. The molecule has 1 unspecified atom stereocenters. The number of nitrogens with one attached hydrogen (secondary N) is 1. The number of pyridine rings is 1. The van der Waals surface area contributed by atoms with E-state index in [1.54, 1.807) is 13.3 Å². The molecule has 6 heteroatoms. The number of likely N-dealkylation sites (tertiary alicyclic amines) is 1. The van der Waals surface area contributed by atoms with Crippen molar-refractivity contribution in [1.29, 1.82) is 0 Å². The Morgan fingerprint density at radius 3 is 2.49 bits per heavy atom. The summed E-state index contributed by atoms with van der Waals surface area (Å²) in [5.41, 5.74) is 5.78. The minimum absolute atomic E-state index is 0.338. The Labute approximate surface area is 207 Å². The Balaban J connectivity index is 1.34. The fraction of sp³-hybridized carbons (Fsp3) is 0.310. The number of methoxy groups -OCH3 is 1. The summed E-state index contributed by atoms with van der Waals surface area (Å²) >= 11 is 0. The molecule has 0 amide bonds. The molecule has 1 saturated heterocycles. The van der Waals surface area contributed by atoms with Crippen LogP contribution in [0.4, 0.5) is 0 Å². The van der Waals surface area contributed by atoms with Crippen molar-refractivity contribution < 1.29 is 4.74 Å². The summed E-state index contributed by atoms with van der Waals surface area (Å²) in [6.07, 6.45) is 8.40. The highest BCUT2D eigenvalue weighted by atomic mass is 16.5. The van der Waals surface area contributed by atoms with Crippen molar-refractivity contribution in [2.24, 2.45) is 0 Å². The molecule has 6 nitrogen and oxygen atoms in total. The Morgan fingerprint density at radius 2 is 1.77 bits per heavy atom. The van der Waals surface area contributed by atoms with Crippen LogP contribution < -0.4 is 10.1 Å². The molecule has 2 aromatic carbocycles. The molecule has 1 fully saturated rings. The van der Waals surface area contributed by atoms with Crippen LogP contribution in [0.1, 0.15) is 35.6 Å². The van der Waals surface area contributed by atoms with Gasteiger partial charge in [-0.05, 0) is 61.3 Å². The van der Waals surface area contributed by atoms with Crippen LogP contribution in [-0.4, -0.2) is 46.4 Å². The zero-order valence-electron chi connectivity index (χ0n) is 20.3. The van der Waals surface area contributed by atoms with Gasteiger partial charge in [0.15, 0.2) is 0 Å². The predicted octanol–water partition coefficient (Wildman–Crippen LogP) is 4.93. The van der Waals surface area contributed by atoms with Crippen LogP contribution >= 0.6 is 0 Å². The number of hydrogen-bond acceptors (Lipinski definition) is 5. The van der Waals surface area contributed by atoms with Crippen LogP contribution in [0.5, 0.6) is 5.75 Å². The average Bonchev–Trinajstić information content (AvgIpc) is 3.58. The van der Waals surface area contributed by atoms with E-state index in [1.165, 1.54) is 29.5 Å². The zero-order valence-corrected chi connectivity index (χ0v) is 20.3. The Bertz CT molecular complexity index is 1180. The number of ether oxygens (including phenoxy) is 1. The van der Waals surface area contributed by atoms with Crippen LogP contribution in [0.25, 0.3) is 11.3 Å². The van der Waals surface area contributed by atoms with Gasteiger partial charge in [0.05, 0.1) is 19.3 Å². The zero-order chi connectivity index (χ0) is 23.9. The van der Waals surface area contributed by atoms with Gasteiger partial charge >= 0.3 is 0 Å². The second-order valence-electron chi connectivity index (χ2n) is 9.09. The normalized spacial score (nSPS) is 14.8. The maximum absolute atomic E-state index is 5.37. The number of hydrogen-bond donors (Lipinski definition) is 1. The van der Waals surface area contributed by atoms with Crippen molar-refractivity contribution in [1.82, 2.24) is 25.0 Å². The lowest BCUT2D eigenvalue weighted by atomic mass is 10.0. The van der Waals surface area contributed by atoms with Gasteiger partial charge in [0.2, 0.25) is 0 Å². The van der Waals surface area contributed by atoms with E-state index in [1.807, 2.05) is 23.0 Å². The van der Waals surface area contributed by atoms with E-state index in [-0.39, 0.29) is 0 Å². The topological polar surface area (TPSA) is 55.2 Å². The van der Waals surface area contributed by atoms with Crippen molar-refractivity contribution >= 4 is 0 Å². The molecule has 2 aromatic heterocycles. The predicted molar refractivity (Wildman–Crippen MR) is 139 cm³/mol. The smallest absolute Gasteiger partial charge is 0.118 e. The molecule has 5 rings (SSSR count). The lowest BCUT2D eigenvalue weighted by molar-refractivity contribution is 0.238. The standard InChI is InChI=1S/C29H33N5O/c1-35-27-13-11-24(12-14-27)28(33-16-5-6-17-33)20-31-19-26-22-34(21-23-8-3-2-4-9-23)32-29(26)25-10-7-15-30-18-25/h2-4,7-15,18,22,28,31H,5-6,16-17,19-21H2,1H3. The second-order valence-corrected chi connectivity index (χ2v) is 9.09. The third kappa shape index (κ3) is 5.78. The molecule has 0 saturated carbocycles. The van der Waals surface area contributed by atoms with Crippen molar-refractivity contribution in [3.05, 3.63) is 102 Å². The van der Waals surface area contributed by atoms with Gasteiger partial charge in [-0.15, -0.1) is 0 Å². The highest BCUT2D eigenvalue weighted by molar-refractivity contribution is 5.61. The van der Waals surface area contributed by atoms with Crippen LogP contribution in [0, 0.1) is 0 Å². The highest BCUT2D eigenvalue weighted by Crippen LogP contribution is 2.27. The van der Waals surface area contributed by atoms with E-state index in [9.17, 15) is 0 Å². The van der Waals surface area contributed by atoms with Gasteiger partial charge < -0.3 is 10.1 Å². The molecular weight excluding hydrogens is 434 g/mol. The first-order valence-corrected chi connectivity index (χ1v) is 12.4. The quantitative estimate of drug-likeness (QED) is 0.358. The molecule has 3 heterocycles. The monoisotopic (exact) mass is 467 g/mol. The molecule has 4 aromatic rings. The van der Waals surface area contributed by atoms with Gasteiger partial charge in [0.25, 0.3) is 0 Å². The van der Waals surface area contributed by atoms with E-state index < -0.39 is 0 Å². The average molecular weight is 468 g/mol. The fourth-order valence-corrected chi connectivity index (χ4v) is 4.87. The molecule has 0 aliphatic carbocycles. The first-order chi connectivity index (χ1) is 17.3. The lowest BCUT2D eigenvalue weighted by Gasteiger charge is -2.28. The van der Waals surface area contributed by atoms with Gasteiger partial charge in [-0.3, -0.25) is 14.6 Å². The van der Waals surface area contributed by atoms with Crippen molar-refractivity contribution in [3.63, 3.8) is 0 Å². The van der Waals surface area contributed by atoms with E-state index in [2.05, 4.69) is 76.0 Å². The molecule has 0 radical (unpaired) electrons. The van der Waals surface area contributed by atoms with E-state index in [4.69, 9.17) is 9.84 Å². The van der Waals surface area contributed by atoms with Crippen LogP contribution in [0.15, 0.2) is 85.3 Å². The Hall–Kier alpha value is -3.48. The van der Waals surface area contributed by atoms with Crippen molar-refractivity contribution in [3.8, 4) is 17.0 Å². The summed E-state index contributed by atoms with van der Waals surface area (Å²) in [6.45, 7) is 4.67. The van der Waals surface area contributed by atoms with Crippen molar-refractivity contribution in [2.45, 2.75) is 32.0 Å². The maximum Gasteiger partial charge on any atom is 0.118 e. The lowest BCUT2D eigenvalue weighted by Crippen LogP contribution is -2.34. The van der Waals surface area contributed by atoms with Crippen LogP contribution in [-0.2, 0) is 13.1 Å². The minimum atomic E-state index is 0.338. The summed E-state index contributed by atoms with van der Waals surface area (Å²) in [7, 11) is 1.71. The third-order valence-corrected chi connectivity index (χ3v) is 6.69. The molecule has 0 spiro atoms. The van der Waals surface area contributed by atoms with Crippen LogP contribution in [0.2, 0.25) is 0 Å². The number of benzene rings is 2. The van der Waals surface area contributed by atoms with E-state index in [0.29, 0.717) is 6.04 Å². The summed E-state index contributed by atoms with van der Waals surface area (Å²) < 4.78 is 7.41. The number of nitrogens with zero attached hydrogens (tertiary/aromatic N) is 4. The SMILES string of the molecule is COc1ccc(C(CNCc2cn(Cc3ccccc3)nc2-c2cccnc2)N2CCCC2)cc1. The van der Waals surface area contributed by atoms with Gasteiger partial charge in [0, 0.05) is 48.8 Å². The third-order valence-electron chi connectivity index (χ3n) is 6.69. The van der Waals surface area contributed by atoms with E-state index >= 15 is 0 Å². The van der Waals surface area contributed by atoms with Crippen molar-refractivity contribution in [2.75, 3.05) is 26.7 Å². The summed E-state index contributed by atoms with van der Waals surface area (Å²) in [4.78, 5) is 6.92.